The van der Waals surface area contributed by atoms with Crippen LogP contribution in [-0.4, -0.2) is 16.1 Å². The lowest BCUT2D eigenvalue weighted by atomic mass is 9.99. The third-order valence-corrected chi connectivity index (χ3v) is 5.75. The van der Waals surface area contributed by atoms with Crippen LogP contribution in [0, 0.1) is 22.9 Å². The van der Waals surface area contributed by atoms with Gasteiger partial charge in [-0.3, -0.25) is 0 Å². The second-order valence-corrected chi connectivity index (χ2v) is 18.4. The van der Waals surface area contributed by atoms with E-state index in [0.717, 1.165) is 11.1 Å². The molecule has 0 aliphatic heterocycles. The highest BCUT2D eigenvalue weighted by atomic mass is 28.3. The van der Waals surface area contributed by atoms with E-state index in [1.807, 2.05) is 0 Å². The first-order chi connectivity index (χ1) is 12.1. The van der Waals surface area contributed by atoms with Gasteiger partial charge in [-0.15, -0.1) is 11.1 Å². The van der Waals surface area contributed by atoms with Gasteiger partial charge in [0.25, 0.3) is 0 Å². The van der Waals surface area contributed by atoms with Crippen molar-refractivity contribution < 1.29 is 0 Å². The maximum Gasteiger partial charge on any atom is 0.129 e. The minimum Gasteiger partial charge on any atom is -0.127 e. The molecular formula is C24H26Si2. The van der Waals surface area contributed by atoms with Gasteiger partial charge in [-0.1, -0.05) is 75.4 Å². The number of hydrogen-bond donors (Lipinski definition) is 0. The average molecular weight is 371 g/mol. The van der Waals surface area contributed by atoms with Gasteiger partial charge in [-0.25, -0.2) is 0 Å². The minimum atomic E-state index is -1.35. The Kier molecular flexibility index (Phi) is 4.85. The lowest BCUT2D eigenvalue weighted by Gasteiger charge is -2.07. The molecule has 3 aromatic rings. The highest BCUT2D eigenvalue weighted by Crippen LogP contribution is 2.27. The minimum absolute atomic E-state index is 1.11. The zero-order valence-corrected chi connectivity index (χ0v) is 18.6. The molecule has 0 atom stereocenters. The molecule has 0 amide bonds. The largest absolute Gasteiger partial charge is 0.129 e. The van der Waals surface area contributed by atoms with Crippen LogP contribution in [0.2, 0.25) is 39.3 Å². The van der Waals surface area contributed by atoms with E-state index in [2.05, 4.69) is 111 Å². The Labute approximate surface area is 159 Å². The smallest absolute Gasteiger partial charge is 0.127 e. The van der Waals surface area contributed by atoms with Crippen LogP contribution in [0.25, 0.3) is 21.5 Å². The van der Waals surface area contributed by atoms with Crippen LogP contribution in [0.15, 0.2) is 48.5 Å². The van der Waals surface area contributed by atoms with Crippen molar-refractivity contribution >= 4 is 37.7 Å². The summed E-state index contributed by atoms with van der Waals surface area (Å²) in [5, 5.41) is 5.07. The fraction of sp³-hybridized carbons (Fsp3) is 0.250. The zero-order valence-electron chi connectivity index (χ0n) is 16.6. The molecule has 0 aliphatic carbocycles. The van der Waals surface area contributed by atoms with Crippen molar-refractivity contribution in [3.63, 3.8) is 0 Å². The number of hydrogen-bond acceptors (Lipinski definition) is 0. The molecule has 0 saturated carbocycles. The van der Waals surface area contributed by atoms with Crippen LogP contribution in [0.3, 0.4) is 0 Å². The summed E-state index contributed by atoms with van der Waals surface area (Å²) in [6.07, 6.45) is 0. The van der Waals surface area contributed by atoms with Gasteiger partial charge in [-0.2, -0.15) is 0 Å². The molecule has 0 bridgehead atoms. The molecule has 0 saturated heterocycles. The molecule has 0 aliphatic rings. The van der Waals surface area contributed by atoms with Crippen molar-refractivity contribution in [2.45, 2.75) is 39.3 Å². The maximum atomic E-state index is 3.45. The Hall–Kier alpha value is -2.27. The first-order valence-electron chi connectivity index (χ1n) is 9.14. The third-order valence-electron chi connectivity index (χ3n) is 4.00. The molecule has 3 aromatic carbocycles. The molecule has 3 rings (SSSR count). The van der Waals surface area contributed by atoms with Gasteiger partial charge in [0, 0.05) is 11.1 Å². The Bertz CT molecular complexity index is 1010. The molecular weight excluding hydrogens is 344 g/mol. The topological polar surface area (TPSA) is 0 Å². The Morgan fingerprint density at radius 1 is 0.538 bits per heavy atom. The standard InChI is InChI=1S/C24H26Si2/c1-25(2,3)15-13-19-7-11-23-21(17-19)9-10-22-18-20(8-12-24(22)23)14-16-26(4,5)6/h7-12,17-18H,1-6H3. The highest BCUT2D eigenvalue weighted by molar-refractivity contribution is 6.84. The summed E-state index contributed by atoms with van der Waals surface area (Å²) in [7, 11) is -2.70. The normalized spacial score (nSPS) is 11.6. The van der Waals surface area contributed by atoms with Gasteiger partial charge in [0.15, 0.2) is 0 Å². The predicted molar refractivity (Wildman–Crippen MR) is 122 cm³/mol. The molecule has 0 nitrogen and oxygen atoms in total. The van der Waals surface area contributed by atoms with Crippen molar-refractivity contribution in [3.05, 3.63) is 59.7 Å². The van der Waals surface area contributed by atoms with Crippen molar-refractivity contribution in [2.75, 3.05) is 0 Å². The van der Waals surface area contributed by atoms with Crippen molar-refractivity contribution in [2.24, 2.45) is 0 Å². The van der Waals surface area contributed by atoms with Crippen LogP contribution in [0.1, 0.15) is 11.1 Å². The number of benzene rings is 3. The molecule has 0 N–H and O–H groups in total. The van der Waals surface area contributed by atoms with Gasteiger partial charge < -0.3 is 0 Å². The Balaban J connectivity index is 2.06. The summed E-state index contributed by atoms with van der Waals surface area (Å²) < 4.78 is 0. The fourth-order valence-corrected chi connectivity index (χ4v) is 3.78. The maximum absolute atomic E-state index is 3.45. The summed E-state index contributed by atoms with van der Waals surface area (Å²) in [6, 6.07) is 17.5. The van der Waals surface area contributed by atoms with E-state index >= 15 is 0 Å². The second kappa shape index (κ2) is 6.80. The van der Waals surface area contributed by atoms with Crippen LogP contribution in [0.5, 0.6) is 0 Å². The highest BCUT2D eigenvalue weighted by Gasteiger charge is 2.09. The van der Waals surface area contributed by atoms with Gasteiger partial charge in [0.05, 0.1) is 0 Å². The first-order valence-corrected chi connectivity index (χ1v) is 16.1. The SMILES string of the molecule is C[Si](C)(C)C#Cc1ccc2c(ccc3cc(C#C[Si](C)(C)C)ccc32)c1. The molecule has 0 radical (unpaired) electrons. The molecule has 0 unspecified atom stereocenters. The molecule has 0 spiro atoms. The van der Waals surface area contributed by atoms with Gasteiger partial charge >= 0.3 is 0 Å². The summed E-state index contributed by atoms with van der Waals surface area (Å²) >= 11 is 0. The summed E-state index contributed by atoms with van der Waals surface area (Å²) in [6.45, 7) is 13.6. The van der Waals surface area contributed by atoms with Crippen LogP contribution in [-0.2, 0) is 0 Å². The fourth-order valence-electron chi connectivity index (χ4n) is 2.75. The number of fused-ring (bicyclic) bond motifs is 3. The average Bonchev–Trinajstić information content (AvgIpc) is 2.56. The summed E-state index contributed by atoms with van der Waals surface area (Å²) in [5.41, 5.74) is 9.12. The predicted octanol–water partition coefficient (Wildman–Crippen LogP) is 6.45. The van der Waals surface area contributed by atoms with E-state index in [1.165, 1.54) is 21.5 Å². The van der Waals surface area contributed by atoms with Crippen molar-refractivity contribution in [1.29, 1.82) is 0 Å². The lowest BCUT2D eigenvalue weighted by molar-refractivity contribution is 1.69. The van der Waals surface area contributed by atoms with E-state index in [4.69, 9.17) is 0 Å². The molecule has 0 aromatic heterocycles. The summed E-state index contributed by atoms with van der Waals surface area (Å²) in [4.78, 5) is 0. The number of rotatable bonds is 0. The summed E-state index contributed by atoms with van der Waals surface area (Å²) in [5.74, 6) is 6.72. The third kappa shape index (κ3) is 4.67. The first kappa shape index (κ1) is 18.5. The second-order valence-electron chi connectivity index (χ2n) is 8.94. The Morgan fingerprint density at radius 2 is 0.923 bits per heavy atom. The van der Waals surface area contributed by atoms with E-state index in [9.17, 15) is 0 Å². The monoisotopic (exact) mass is 370 g/mol. The molecule has 26 heavy (non-hydrogen) atoms. The van der Waals surface area contributed by atoms with Crippen molar-refractivity contribution in [3.8, 4) is 22.9 Å². The quantitative estimate of drug-likeness (QED) is 0.242. The van der Waals surface area contributed by atoms with Gasteiger partial charge in [0.1, 0.15) is 16.1 Å². The van der Waals surface area contributed by atoms with Crippen LogP contribution < -0.4 is 0 Å². The van der Waals surface area contributed by atoms with Crippen LogP contribution >= 0.6 is 0 Å². The van der Waals surface area contributed by atoms with Gasteiger partial charge in [0.2, 0.25) is 0 Å². The molecule has 0 fully saturated rings. The van der Waals surface area contributed by atoms with E-state index in [0.29, 0.717) is 0 Å². The van der Waals surface area contributed by atoms with E-state index in [-0.39, 0.29) is 0 Å². The zero-order chi connectivity index (χ0) is 18.9. The molecule has 2 heteroatoms. The lowest BCUT2D eigenvalue weighted by Crippen LogP contribution is -2.16. The molecule has 130 valence electrons. The molecule has 0 heterocycles. The van der Waals surface area contributed by atoms with E-state index in [1.54, 1.807) is 0 Å². The van der Waals surface area contributed by atoms with Crippen LogP contribution in [0.4, 0.5) is 0 Å². The van der Waals surface area contributed by atoms with Gasteiger partial charge in [-0.05, 0) is 45.8 Å². The van der Waals surface area contributed by atoms with Crippen molar-refractivity contribution in [1.82, 2.24) is 0 Å². The van der Waals surface area contributed by atoms with E-state index < -0.39 is 16.1 Å². The Morgan fingerprint density at radius 3 is 1.27 bits per heavy atom.